The smallest absolute Gasteiger partial charge is 0.312 e. The largest absolute Gasteiger partial charge is 0.462 e. The second-order valence-electron chi connectivity index (χ2n) is 10.5. The van der Waals surface area contributed by atoms with Gasteiger partial charge in [-0.15, -0.1) is 0 Å². The molecule has 200 valence electrons. The lowest BCUT2D eigenvalue weighted by Gasteiger charge is -2.55. The van der Waals surface area contributed by atoms with E-state index in [4.69, 9.17) is 18.9 Å². The number of rotatable bonds is 4. The topological polar surface area (TPSA) is 125 Å². The van der Waals surface area contributed by atoms with Crippen molar-refractivity contribution in [1.29, 1.82) is 0 Å². The molecule has 0 aromatic carbocycles. The molecule has 8 atom stereocenters. The monoisotopic (exact) mass is 506 g/mol. The molecular weight excluding hydrogens is 468 g/mol. The Bertz CT molecular complexity index is 968. The van der Waals surface area contributed by atoms with Gasteiger partial charge in [0, 0.05) is 26.2 Å². The zero-order valence-corrected chi connectivity index (χ0v) is 22.0. The molecule has 1 aliphatic heterocycles. The summed E-state index contributed by atoms with van der Waals surface area (Å²) in [5, 5.41) is 12.2. The maximum absolute atomic E-state index is 12.7. The average molecular weight is 507 g/mol. The van der Waals surface area contributed by atoms with Crippen LogP contribution in [-0.2, 0) is 38.1 Å². The molecule has 0 aromatic heterocycles. The minimum absolute atomic E-state index is 0.143. The van der Waals surface area contributed by atoms with Gasteiger partial charge < -0.3 is 24.1 Å². The number of hydrogen-bond donors (Lipinski definition) is 1. The molecular formula is C27H38O9. The summed E-state index contributed by atoms with van der Waals surface area (Å²) in [5.74, 6) is -4.05. The highest BCUT2D eigenvalue weighted by Gasteiger charge is 2.67. The Balaban J connectivity index is 2.33. The van der Waals surface area contributed by atoms with Crippen LogP contribution in [0.3, 0.4) is 0 Å². The van der Waals surface area contributed by atoms with E-state index in [1.807, 2.05) is 13.8 Å². The molecule has 2 aliphatic carbocycles. The first-order valence-corrected chi connectivity index (χ1v) is 12.6. The van der Waals surface area contributed by atoms with E-state index >= 15 is 0 Å². The van der Waals surface area contributed by atoms with Crippen molar-refractivity contribution in [2.45, 2.75) is 104 Å². The predicted molar refractivity (Wildman–Crippen MR) is 128 cm³/mol. The highest BCUT2D eigenvalue weighted by Crippen LogP contribution is 2.56. The molecule has 0 spiro atoms. The van der Waals surface area contributed by atoms with Crippen molar-refractivity contribution in [3.05, 3.63) is 23.8 Å². The Morgan fingerprint density at radius 2 is 1.69 bits per heavy atom. The predicted octanol–water partition coefficient (Wildman–Crippen LogP) is 3.18. The van der Waals surface area contributed by atoms with Gasteiger partial charge in [0.25, 0.3) is 0 Å². The molecule has 3 aliphatic rings. The fourth-order valence-electron chi connectivity index (χ4n) is 6.14. The van der Waals surface area contributed by atoms with Crippen molar-refractivity contribution in [2.75, 3.05) is 0 Å². The lowest BCUT2D eigenvalue weighted by molar-refractivity contribution is -0.220. The molecule has 36 heavy (non-hydrogen) atoms. The third-order valence-corrected chi connectivity index (χ3v) is 8.13. The second kappa shape index (κ2) is 10.4. The van der Waals surface area contributed by atoms with Gasteiger partial charge in [-0.3, -0.25) is 19.2 Å². The van der Waals surface area contributed by atoms with Gasteiger partial charge in [-0.25, -0.2) is 0 Å². The van der Waals surface area contributed by atoms with E-state index in [2.05, 4.69) is 6.58 Å². The van der Waals surface area contributed by atoms with Crippen LogP contribution in [0.1, 0.15) is 73.6 Å². The van der Waals surface area contributed by atoms with Gasteiger partial charge in [-0.2, -0.15) is 0 Å². The molecule has 1 N–H and O–H groups in total. The Labute approximate surface area is 212 Å². The van der Waals surface area contributed by atoms with Gasteiger partial charge in [-0.1, -0.05) is 31.6 Å². The summed E-state index contributed by atoms with van der Waals surface area (Å²) in [6, 6.07) is 0. The van der Waals surface area contributed by atoms with E-state index in [1.54, 1.807) is 13.0 Å². The normalized spacial score (nSPS) is 38.6. The lowest BCUT2D eigenvalue weighted by Crippen LogP contribution is -2.65. The summed E-state index contributed by atoms with van der Waals surface area (Å²) in [6.45, 7) is 13.7. The molecule has 9 heteroatoms. The summed E-state index contributed by atoms with van der Waals surface area (Å²) >= 11 is 0. The van der Waals surface area contributed by atoms with Crippen LogP contribution in [0.2, 0.25) is 0 Å². The minimum Gasteiger partial charge on any atom is -0.462 e. The first-order valence-electron chi connectivity index (χ1n) is 12.6. The summed E-state index contributed by atoms with van der Waals surface area (Å²) in [6.07, 6.45) is -0.328. The van der Waals surface area contributed by atoms with Crippen LogP contribution in [-0.4, -0.2) is 59.0 Å². The molecule has 0 aromatic rings. The van der Waals surface area contributed by atoms with Crippen molar-refractivity contribution in [3.8, 4) is 0 Å². The zero-order valence-electron chi connectivity index (χ0n) is 22.0. The maximum atomic E-state index is 12.7. The van der Waals surface area contributed by atoms with E-state index in [0.717, 1.165) is 5.57 Å². The minimum atomic E-state index is -1.94. The highest BCUT2D eigenvalue weighted by atomic mass is 16.6. The van der Waals surface area contributed by atoms with Gasteiger partial charge in [0.15, 0.2) is 11.7 Å². The van der Waals surface area contributed by atoms with E-state index < -0.39 is 71.1 Å². The number of hydrogen-bond acceptors (Lipinski definition) is 9. The molecule has 3 rings (SSSR count). The molecule has 9 nitrogen and oxygen atoms in total. The highest BCUT2D eigenvalue weighted by molar-refractivity contribution is 5.78. The number of carbonyl (C=O) groups is 4. The number of esters is 4. The van der Waals surface area contributed by atoms with Gasteiger partial charge in [-0.05, 0) is 45.6 Å². The number of allylic oxidation sites excluding steroid dienone is 1. The van der Waals surface area contributed by atoms with Crippen LogP contribution in [0.4, 0.5) is 0 Å². The van der Waals surface area contributed by atoms with Crippen LogP contribution < -0.4 is 0 Å². The quantitative estimate of drug-likeness (QED) is 0.348. The van der Waals surface area contributed by atoms with Gasteiger partial charge in [0.1, 0.15) is 18.3 Å². The zero-order chi connectivity index (χ0) is 27.0. The van der Waals surface area contributed by atoms with E-state index in [9.17, 15) is 24.3 Å². The summed E-state index contributed by atoms with van der Waals surface area (Å²) in [7, 11) is 0. The summed E-state index contributed by atoms with van der Waals surface area (Å²) < 4.78 is 23.2. The van der Waals surface area contributed by atoms with Crippen molar-refractivity contribution >= 4 is 23.9 Å². The fourth-order valence-corrected chi connectivity index (χ4v) is 6.14. The average Bonchev–Trinajstić information content (AvgIpc) is 3.00. The Kier molecular flexibility index (Phi) is 8.03. The Morgan fingerprint density at radius 3 is 2.28 bits per heavy atom. The van der Waals surface area contributed by atoms with Crippen LogP contribution in [0, 0.1) is 17.3 Å². The van der Waals surface area contributed by atoms with Crippen molar-refractivity contribution in [1.82, 2.24) is 0 Å². The van der Waals surface area contributed by atoms with Crippen molar-refractivity contribution in [3.63, 3.8) is 0 Å². The molecule has 0 radical (unpaired) electrons. The van der Waals surface area contributed by atoms with E-state index in [0.29, 0.717) is 31.3 Å². The number of fused-ring (bicyclic) bond motifs is 2. The standard InChI is InChI=1S/C27H38O9/c1-8-22(30)35-20-11-9-14(2)13-21-27(32,16(4)25(31)36-21)24(34-18(6)29)23-15(3)10-12-19(26(20,23)7)33-17(5)28/h13,16,19-21,23-24,32H,3,8-12H2,1-2,4-7H3. The number of aliphatic hydroxyl groups is 1. The van der Waals surface area contributed by atoms with Gasteiger partial charge in [0.2, 0.25) is 0 Å². The number of ether oxygens (including phenoxy) is 4. The lowest BCUT2D eigenvalue weighted by atomic mass is 9.55. The van der Waals surface area contributed by atoms with E-state index in [1.165, 1.54) is 20.8 Å². The van der Waals surface area contributed by atoms with Crippen LogP contribution >= 0.6 is 0 Å². The maximum Gasteiger partial charge on any atom is 0.312 e. The Morgan fingerprint density at radius 1 is 1.11 bits per heavy atom. The molecule has 0 bridgehead atoms. The molecule has 1 saturated carbocycles. The number of carbonyl (C=O) groups excluding carboxylic acids is 4. The van der Waals surface area contributed by atoms with Crippen LogP contribution in [0.15, 0.2) is 23.8 Å². The van der Waals surface area contributed by atoms with E-state index in [-0.39, 0.29) is 6.42 Å². The summed E-state index contributed by atoms with van der Waals surface area (Å²) in [4.78, 5) is 49.9. The van der Waals surface area contributed by atoms with Crippen LogP contribution in [0.5, 0.6) is 0 Å². The Hall–Kier alpha value is -2.68. The van der Waals surface area contributed by atoms with Crippen molar-refractivity contribution in [2.24, 2.45) is 17.3 Å². The molecule has 8 unspecified atom stereocenters. The molecule has 0 amide bonds. The van der Waals surface area contributed by atoms with Gasteiger partial charge >= 0.3 is 23.9 Å². The first kappa shape index (κ1) is 27.9. The second-order valence-corrected chi connectivity index (χ2v) is 10.5. The third-order valence-electron chi connectivity index (χ3n) is 8.13. The molecule has 1 heterocycles. The molecule has 1 saturated heterocycles. The van der Waals surface area contributed by atoms with Crippen molar-refractivity contribution < 1.29 is 43.2 Å². The fraction of sp³-hybridized carbons (Fsp3) is 0.704. The SMILES string of the molecule is C=C1CCC(OC(C)=O)C2(C)C(OC(=O)CC)CCC(C)=CC3OC(=O)C(C)C3(O)C(OC(C)=O)C12. The first-order chi connectivity index (χ1) is 16.8. The third kappa shape index (κ3) is 4.82. The van der Waals surface area contributed by atoms with Crippen LogP contribution in [0.25, 0.3) is 0 Å². The molecule has 2 fully saturated rings. The van der Waals surface area contributed by atoms with Gasteiger partial charge in [0.05, 0.1) is 11.3 Å². The summed E-state index contributed by atoms with van der Waals surface area (Å²) in [5.41, 5.74) is -1.62.